The van der Waals surface area contributed by atoms with Gasteiger partial charge in [0.1, 0.15) is 6.10 Å². The number of likely N-dealkylation sites (tertiary alicyclic amines) is 1. The summed E-state index contributed by atoms with van der Waals surface area (Å²) >= 11 is 1.52. The van der Waals surface area contributed by atoms with Gasteiger partial charge in [0.05, 0.1) is 6.54 Å². The summed E-state index contributed by atoms with van der Waals surface area (Å²) in [6.45, 7) is 2.81. The molecule has 5 nitrogen and oxygen atoms in total. The van der Waals surface area contributed by atoms with Crippen molar-refractivity contribution >= 4 is 17.2 Å². The maximum Gasteiger partial charge on any atom is 0.273 e. The molecule has 1 saturated heterocycles. The van der Waals surface area contributed by atoms with Gasteiger partial charge in [0.15, 0.2) is 0 Å². The van der Waals surface area contributed by atoms with Gasteiger partial charge in [0.2, 0.25) is 5.91 Å². The van der Waals surface area contributed by atoms with Gasteiger partial charge in [-0.25, -0.2) is 4.98 Å². The molecule has 122 valence electrons. The fourth-order valence-electron chi connectivity index (χ4n) is 2.65. The van der Waals surface area contributed by atoms with Crippen molar-refractivity contribution in [2.45, 2.75) is 25.5 Å². The minimum Gasteiger partial charge on any atom is -0.467 e. The molecule has 1 N–H and O–H groups in total. The largest absolute Gasteiger partial charge is 0.467 e. The first-order valence-electron chi connectivity index (χ1n) is 7.89. The van der Waals surface area contributed by atoms with Crippen LogP contribution in [-0.4, -0.2) is 41.5 Å². The number of hydrogen-bond donors (Lipinski definition) is 1. The van der Waals surface area contributed by atoms with E-state index in [0.29, 0.717) is 13.1 Å². The molecule has 1 fully saturated rings. The third-order valence-corrected chi connectivity index (χ3v) is 4.57. The quantitative estimate of drug-likeness (QED) is 0.882. The fraction of sp³-hybridized carbons (Fsp3) is 0.412. The summed E-state index contributed by atoms with van der Waals surface area (Å²) in [7, 11) is 0. The van der Waals surface area contributed by atoms with Crippen LogP contribution in [-0.2, 0) is 11.3 Å². The highest BCUT2D eigenvalue weighted by molar-refractivity contribution is 7.11. The van der Waals surface area contributed by atoms with Crippen molar-refractivity contribution in [3.63, 3.8) is 0 Å². The van der Waals surface area contributed by atoms with Gasteiger partial charge in [0.25, 0.3) is 5.19 Å². The van der Waals surface area contributed by atoms with E-state index in [9.17, 15) is 4.79 Å². The first-order valence-corrected chi connectivity index (χ1v) is 8.77. The number of nitrogens with one attached hydrogen (secondary N) is 1. The highest BCUT2D eigenvalue weighted by Gasteiger charge is 2.22. The van der Waals surface area contributed by atoms with Crippen LogP contribution >= 0.6 is 11.3 Å². The molecule has 0 saturated carbocycles. The van der Waals surface area contributed by atoms with E-state index in [-0.39, 0.29) is 12.0 Å². The number of piperidine rings is 1. The van der Waals surface area contributed by atoms with Crippen molar-refractivity contribution in [1.29, 1.82) is 0 Å². The molecule has 0 aliphatic carbocycles. The Morgan fingerprint density at radius 2 is 2.09 bits per heavy atom. The van der Waals surface area contributed by atoms with Crippen molar-refractivity contribution in [2.24, 2.45) is 0 Å². The Kier molecular flexibility index (Phi) is 5.60. The van der Waals surface area contributed by atoms with E-state index in [2.05, 4.69) is 15.2 Å². The van der Waals surface area contributed by atoms with E-state index in [1.165, 1.54) is 11.3 Å². The number of rotatable bonds is 6. The van der Waals surface area contributed by atoms with E-state index < -0.39 is 0 Å². The summed E-state index contributed by atoms with van der Waals surface area (Å²) in [4.78, 5) is 18.4. The van der Waals surface area contributed by atoms with Crippen LogP contribution in [0.2, 0.25) is 0 Å². The molecule has 1 aromatic carbocycles. The van der Waals surface area contributed by atoms with Crippen LogP contribution < -0.4 is 10.1 Å². The average molecular weight is 331 g/mol. The topological polar surface area (TPSA) is 54.5 Å². The highest BCUT2D eigenvalue weighted by Crippen LogP contribution is 2.20. The van der Waals surface area contributed by atoms with E-state index in [1.54, 1.807) is 6.20 Å². The molecule has 1 aliphatic heterocycles. The molecule has 3 rings (SSSR count). The van der Waals surface area contributed by atoms with Crippen molar-refractivity contribution in [3.05, 3.63) is 47.5 Å². The number of ether oxygens (including phenoxy) is 1. The second-order valence-electron chi connectivity index (χ2n) is 5.65. The number of nitrogens with zero attached hydrogens (tertiary/aromatic N) is 2. The molecular weight excluding hydrogens is 310 g/mol. The smallest absolute Gasteiger partial charge is 0.273 e. The number of aromatic nitrogens is 1. The van der Waals surface area contributed by atoms with Crippen molar-refractivity contribution < 1.29 is 9.53 Å². The summed E-state index contributed by atoms with van der Waals surface area (Å²) < 4.78 is 5.83. The highest BCUT2D eigenvalue weighted by atomic mass is 32.1. The lowest BCUT2D eigenvalue weighted by molar-refractivity contribution is -0.122. The maximum absolute atomic E-state index is 12.0. The molecule has 0 bridgehead atoms. The lowest BCUT2D eigenvalue weighted by Crippen LogP contribution is -2.43. The lowest BCUT2D eigenvalue weighted by atomic mass is 10.1. The first kappa shape index (κ1) is 16.0. The van der Waals surface area contributed by atoms with Crippen LogP contribution in [0.1, 0.15) is 18.4 Å². The van der Waals surface area contributed by atoms with E-state index in [0.717, 1.165) is 36.7 Å². The van der Waals surface area contributed by atoms with Crippen LogP contribution in [0.15, 0.2) is 41.9 Å². The van der Waals surface area contributed by atoms with Gasteiger partial charge in [-0.1, -0.05) is 41.7 Å². The lowest BCUT2D eigenvalue weighted by Gasteiger charge is -2.30. The standard InChI is InChI=1S/C17H21N3O2S/c21-16(19-12-14-4-2-1-3-5-14)13-20-9-6-15(7-10-20)22-17-18-8-11-23-17/h1-5,8,11,15H,6-7,9-10,12-13H2,(H,19,21). The van der Waals surface area contributed by atoms with Crippen LogP contribution in [0.4, 0.5) is 0 Å². The van der Waals surface area contributed by atoms with Gasteiger partial charge >= 0.3 is 0 Å². The number of amides is 1. The number of benzene rings is 1. The zero-order chi connectivity index (χ0) is 15.9. The number of carbonyl (C=O) groups excluding carboxylic acids is 1. The summed E-state index contributed by atoms with van der Waals surface area (Å²) in [5.41, 5.74) is 1.12. The third kappa shape index (κ3) is 5.04. The minimum absolute atomic E-state index is 0.0770. The molecule has 1 aromatic heterocycles. The Morgan fingerprint density at radius 1 is 1.30 bits per heavy atom. The molecule has 1 aliphatic rings. The number of thiazole rings is 1. The summed E-state index contributed by atoms with van der Waals surface area (Å²) in [6, 6.07) is 9.97. The van der Waals surface area contributed by atoms with Gasteiger partial charge in [0, 0.05) is 31.2 Å². The molecule has 23 heavy (non-hydrogen) atoms. The molecule has 0 radical (unpaired) electrons. The monoisotopic (exact) mass is 331 g/mol. The van der Waals surface area contributed by atoms with E-state index in [4.69, 9.17) is 4.74 Å². The summed E-state index contributed by atoms with van der Waals surface area (Å²) in [5.74, 6) is 0.0770. The van der Waals surface area contributed by atoms with E-state index >= 15 is 0 Å². The summed E-state index contributed by atoms with van der Waals surface area (Å²) in [5, 5.41) is 5.63. The van der Waals surface area contributed by atoms with Crippen LogP contribution in [0.3, 0.4) is 0 Å². The Hall–Kier alpha value is -1.92. The SMILES string of the molecule is O=C(CN1CCC(Oc2nccs2)CC1)NCc1ccccc1. The Bertz CT molecular complexity index is 596. The predicted molar refractivity (Wildman–Crippen MR) is 90.5 cm³/mol. The van der Waals surface area contributed by atoms with E-state index in [1.807, 2.05) is 35.7 Å². The Labute approximate surface area is 140 Å². The van der Waals surface area contributed by atoms with Crippen molar-refractivity contribution in [3.8, 4) is 5.19 Å². The normalized spacial score (nSPS) is 16.2. The second-order valence-corrected chi connectivity index (χ2v) is 6.51. The van der Waals surface area contributed by atoms with Crippen LogP contribution in [0, 0.1) is 0 Å². The van der Waals surface area contributed by atoms with Crippen LogP contribution in [0.5, 0.6) is 5.19 Å². The van der Waals surface area contributed by atoms with Gasteiger partial charge in [-0.2, -0.15) is 0 Å². The molecule has 2 aromatic rings. The number of hydrogen-bond acceptors (Lipinski definition) is 5. The zero-order valence-corrected chi connectivity index (χ0v) is 13.8. The predicted octanol–water partition coefficient (Wildman–Crippen LogP) is 2.30. The van der Waals surface area contributed by atoms with Gasteiger partial charge in [-0.15, -0.1) is 0 Å². The second kappa shape index (κ2) is 8.08. The molecule has 0 unspecified atom stereocenters. The summed E-state index contributed by atoms with van der Waals surface area (Å²) in [6.07, 6.45) is 3.84. The van der Waals surface area contributed by atoms with Crippen molar-refractivity contribution in [2.75, 3.05) is 19.6 Å². The van der Waals surface area contributed by atoms with Gasteiger partial charge < -0.3 is 10.1 Å². The molecule has 6 heteroatoms. The van der Waals surface area contributed by atoms with Gasteiger partial charge in [-0.05, 0) is 18.4 Å². The zero-order valence-electron chi connectivity index (χ0n) is 13.0. The molecule has 0 spiro atoms. The maximum atomic E-state index is 12.0. The van der Waals surface area contributed by atoms with Crippen molar-refractivity contribution in [1.82, 2.24) is 15.2 Å². The Balaban J connectivity index is 1.36. The molecule has 1 amide bonds. The molecular formula is C17H21N3O2S. The average Bonchev–Trinajstić information content (AvgIpc) is 3.09. The first-order chi connectivity index (χ1) is 11.3. The third-order valence-electron chi connectivity index (χ3n) is 3.91. The number of carbonyl (C=O) groups is 1. The van der Waals surface area contributed by atoms with Crippen LogP contribution in [0.25, 0.3) is 0 Å². The fourth-order valence-corrected chi connectivity index (χ4v) is 3.20. The minimum atomic E-state index is 0.0770. The molecule has 2 heterocycles. The Morgan fingerprint density at radius 3 is 2.78 bits per heavy atom. The van der Waals surface area contributed by atoms with Gasteiger partial charge in [-0.3, -0.25) is 9.69 Å². The molecule has 0 atom stereocenters.